The van der Waals surface area contributed by atoms with Crippen LogP contribution < -0.4 is 18.9 Å². The molecule has 41 heavy (non-hydrogen) atoms. The monoisotopic (exact) mass is 587 g/mol. The van der Waals surface area contributed by atoms with E-state index in [1.54, 1.807) is 21.3 Å². The van der Waals surface area contributed by atoms with E-state index in [9.17, 15) is 5.11 Å². The van der Waals surface area contributed by atoms with Gasteiger partial charge in [0.25, 0.3) is 0 Å². The Labute approximate surface area is 253 Å². The summed E-state index contributed by atoms with van der Waals surface area (Å²) in [6.07, 6.45) is 5.83. The second kappa shape index (κ2) is 14.8. The number of unbranched alkanes of at least 4 members (excludes halogenated alkanes) is 2. The molecule has 0 aliphatic carbocycles. The van der Waals surface area contributed by atoms with Crippen LogP contribution in [0.1, 0.15) is 90.3 Å². The number of nitrogens with zero attached hydrogens (tertiary/aromatic N) is 1. The van der Waals surface area contributed by atoms with Gasteiger partial charge in [-0.2, -0.15) is 11.8 Å². The van der Waals surface area contributed by atoms with Gasteiger partial charge in [-0.15, -0.1) is 0 Å². The number of aromatic hydroxyl groups is 1. The molecular weight excluding hydrogens is 534 g/mol. The fourth-order valence-corrected chi connectivity index (χ4v) is 6.61. The summed E-state index contributed by atoms with van der Waals surface area (Å²) in [7, 11) is 4.99. The maximum atomic E-state index is 10.9. The highest BCUT2D eigenvalue weighted by molar-refractivity contribution is 7.99. The summed E-state index contributed by atoms with van der Waals surface area (Å²) in [5, 5.41) is 11.6. The van der Waals surface area contributed by atoms with Crippen molar-refractivity contribution in [2.24, 2.45) is 0 Å². The number of piperidine rings is 1. The summed E-state index contributed by atoms with van der Waals surface area (Å²) in [5.74, 6) is 4.31. The van der Waals surface area contributed by atoms with E-state index < -0.39 is 0 Å². The molecule has 7 heteroatoms. The number of rotatable bonds is 13. The SMILES string of the molecule is COc1ccc(CSC2CCN(CCCCCOc3cc(C(C)(C)C)c(O)c(C(C)(C)C)c3)CC2)c(OC)c1OC. The first-order valence-electron chi connectivity index (χ1n) is 15.0. The van der Waals surface area contributed by atoms with E-state index in [1.165, 1.54) is 19.3 Å². The van der Waals surface area contributed by atoms with Gasteiger partial charge < -0.3 is 29.0 Å². The Morgan fingerprint density at radius 3 is 1.98 bits per heavy atom. The minimum Gasteiger partial charge on any atom is -0.507 e. The van der Waals surface area contributed by atoms with Crippen LogP contribution in [0, 0.1) is 0 Å². The standard InChI is InChI=1S/C34H53NO5S/c1-33(2,3)27-21-25(22-28(30(27)36)34(4,5)6)40-20-12-10-11-17-35-18-15-26(16-19-35)41-23-24-13-14-29(37-7)32(39-9)31(24)38-8/h13-14,21-22,26,36H,10-12,15-20,23H2,1-9H3. The zero-order valence-electron chi connectivity index (χ0n) is 26.9. The van der Waals surface area contributed by atoms with Crippen molar-refractivity contribution in [3.63, 3.8) is 0 Å². The third-order valence-electron chi connectivity index (χ3n) is 7.88. The van der Waals surface area contributed by atoms with Crippen molar-refractivity contribution < 1.29 is 24.1 Å². The molecule has 0 amide bonds. The summed E-state index contributed by atoms with van der Waals surface area (Å²) in [5.41, 5.74) is 2.75. The second-order valence-electron chi connectivity index (χ2n) is 13.1. The number of phenolic OH excluding ortho intramolecular Hbond substituents is 1. The largest absolute Gasteiger partial charge is 0.507 e. The lowest BCUT2D eigenvalue weighted by Crippen LogP contribution is -2.35. The number of hydrogen-bond acceptors (Lipinski definition) is 7. The first-order chi connectivity index (χ1) is 19.4. The van der Waals surface area contributed by atoms with Gasteiger partial charge in [0, 0.05) is 27.7 Å². The minimum absolute atomic E-state index is 0.147. The molecule has 1 aliphatic rings. The highest BCUT2D eigenvalue weighted by atomic mass is 32.2. The highest BCUT2D eigenvalue weighted by Gasteiger charge is 2.27. The van der Waals surface area contributed by atoms with Gasteiger partial charge in [-0.05, 0) is 80.8 Å². The van der Waals surface area contributed by atoms with E-state index in [-0.39, 0.29) is 10.8 Å². The van der Waals surface area contributed by atoms with Crippen LogP contribution in [0.15, 0.2) is 24.3 Å². The topological polar surface area (TPSA) is 60.4 Å². The van der Waals surface area contributed by atoms with Gasteiger partial charge in [-0.25, -0.2) is 0 Å². The quantitative estimate of drug-likeness (QED) is 0.239. The van der Waals surface area contributed by atoms with Crippen LogP contribution in [0.5, 0.6) is 28.7 Å². The molecule has 2 aromatic rings. The lowest BCUT2D eigenvalue weighted by Gasteiger charge is -2.31. The van der Waals surface area contributed by atoms with Crippen molar-refractivity contribution in [2.45, 2.75) is 95.5 Å². The Balaban J connectivity index is 1.38. The molecule has 0 unspecified atom stereocenters. The fourth-order valence-electron chi connectivity index (χ4n) is 5.42. The lowest BCUT2D eigenvalue weighted by molar-refractivity contribution is 0.224. The Kier molecular flexibility index (Phi) is 12.0. The number of phenols is 1. The number of thioether (sulfide) groups is 1. The Bertz CT molecular complexity index is 1080. The zero-order valence-corrected chi connectivity index (χ0v) is 27.7. The molecule has 0 spiro atoms. The van der Waals surface area contributed by atoms with Crippen LogP contribution >= 0.6 is 11.8 Å². The molecule has 0 atom stereocenters. The van der Waals surface area contributed by atoms with Crippen LogP contribution in [-0.4, -0.2) is 62.8 Å². The number of methoxy groups -OCH3 is 3. The van der Waals surface area contributed by atoms with E-state index >= 15 is 0 Å². The molecule has 1 N–H and O–H groups in total. The first kappa shape index (κ1) is 33.3. The predicted octanol–water partition coefficient (Wildman–Crippen LogP) is 7.96. The summed E-state index contributed by atoms with van der Waals surface area (Å²) in [4.78, 5) is 2.61. The normalized spacial score (nSPS) is 15.1. The van der Waals surface area contributed by atoms with Crippen molar-refractivity contribution in [2.75, 3.05) is 47.6 Å². The van der Waals surface area contributed by atoms with Crippen LogP contribution in [-0.2, 0) is 16.6 Å². The van der Waals surface area contributed by atoms with Crippen molar-refractivity contribution >= 4 is 11.8 Å². The molecule has 0 saturated carbocycles. The molecule has 2 aromatic carbocycles. The smallest absolute Gasteiger partial charge is 0.203 e. The van der Waals surface area contributed by atoms with E-state index in [1.807, 2.05) is 30.0 Å². The number of likely N-dealkylation sites (tertiary alicyclic amines) is 1. The van der Waals surface area contributed by atoms with Crippen LogP contribution in [0.25, 0.3) is 0 Å². The van der Waals surface area contributed by atoms with Gasteiger partial charge >= 0.3 is 0 Å². The Morgan fingerprint density at radius 1 is 0.829 bits per heavy atom. The average molecular weight is 588 g/mol. The third-order valence-corrected chi connectivity index (χ3v) is 9.30. The minimum atomic E-state index is -0.147. The van der Waals surface area contributed by atoms with Gasteiger partial charge in [0.2, 0.25) is 5.75 Å². The molecule has 1 fully saturated rings. The highest BCUT2D eigenvalue weighted by Crippen LogP contribution is 2.43. The second-order valence-corrected chi connectivity index (χ2v) is 14.4. The fraction of sp³-hybridized carbons (Fsp3) is 0.647. The summed E-state index contributed by atoms with van der Waals surface area (Å²) in [6.45, 7) is 17.0. The lowest BCUT2D eigenvalue weighted by atomic mass is 9.79. The molecule has 6 nitrogen and oxygen atoms in total. The molecular formula is C34H53NO5S. The molecule has 0 radical (unpaired) electrons. The van der Waals surface area contributed by atoms with Crippen LogP contribution in [0.2, 0.25) is 0 Å². The molecule has 1 saturated heterocycles. The zero-order chi connectivity index (χ0) is 30.2. The molecule has 0 bridgehead atoms. The maximum absolute atomic E-state index is 10.9. The van der Waals surface area contributed by atoms with Crippen LogP contribution in [0.3, 0.4) is 0 Å². The Morgan fingerprint density at radius 2 is 1.44 bits per heavy atom. The number of benzene rings is 2. The summed E-state index contributed by atoms with van der Waals surface area (Å²) >= 11 is 2.02. The van der Waals surface area contributed by atoms with Gasteiger partial charge in [-0.1, -0.05) is 47.6 Å². The van der Waals surface area contributed by atoms with Crippen molar-refractivity contribution in [3.8, 4) is 28.7 Å². The van der Waals surface area contributed by atoms with Gasteiger partial charge in [0.15, 0.2) is 11.5 Å². The predicted molar refractivity (Wildman–Crippen MR) is 172 cm³/mol. The van der Waals surface area contributed by atoms with Gasteiger partial charge in [-0.3, -0.25) is 0 Å². The average Bonchev–Trinajstić information content (AvgIpc) is 2.93. The first-order valence-corrected chi connectivity index (χ1v) is 16.1. The van der Waals surface area contributed by atoms with E-state index in [4.69, 9.17) is 18.9 Å². The Hall–Kier alpha value is -2.25. The van der Waals surface area contributed by atoms with Crippen molar-refractivity contribution in [3.05, 3.63) is 41.0 Å². The van der Waals surface area contributed by atoms with E-state index in [0.717, 1.165) is 66.4 Å². The van der Waals surface area contributed by atoms with Gasteiger partial charge in [0.1, 0.15) is 11.5 Å². The number of hydrogen-bond donors (Lipinski definition) is 1. The summed E-state index contributed by atoms with van der Waals surface area (Å²) in [6, 6.07) is 8.09. The third kappa shape index (κ3) is 9.12. The molecule has 0 aromatic heterocycles. The maximum Gasteiger partial charge on any atom is 0.203 e. The molecule has 1 heterocycles. The van der Waals surface area contributed by atoms with Crippen LogP contribution in [0.4, 0.5) is 0 Å². The number of ether oxygens (including phenoxy) is 4. The van der Waals surface area contributed by atoms with Crippen molar-refractivity contribution in [1.82, 2.24) is 4.90 Å². The molecule has 230 valence electrons. The molecule has 1 aliphatic heterocycles. The molecule has 3 rings (SSSR count). The summed E-state index contributed by atoms with van der Waals surface area (Å²) < 4.78 is 22.8. The van der Waals surface area contributed by atoms with Crippen molar-refractivity contribution in [1.29, 1.82) is 0 Å². The van der Waals surface area contributed by atoms with E-state index in [0.29, 0.717) is 29.1 Å². The van der Waals surface area contributed by atoms with Gasteiger partial charge in [0.05, 0.1) is 27.9 Å². The van der Waals surface area contributed by atoms with E-state index in [2.05, 4.69) is 52.5 Å².